The number of aryl methyl sites for hydroxylation is 1. The maximum absolute atomic E-state index is 12.0. The van der Waals surface area contributed by atoms with Crippen LogP contribution in [-0.2, 0) is 14.9 Å². The van der Waals surface area contributed by atoms with Crippen molar-refractivity contribution in [3.05, 3.63) is 65.2 Å². The maximum atomic E-state index is 12.0. The molecule has 0 bridgehead atoms. The van der Waals surface area contributed by atoms with Crippen molar-refractivity contribution in [2.24, 2.45) is 0 Å². The van der Waals surface area contributed by atoms with Gasteiger partial charge in [-0.05, 0) is 30.7 Å². The zero-order valence-corrected chi connectivity index (χ0v) is 12.3. The summed E-state index contributed by atoms with van der Waals surface area (Å²) in [5.74, 6) is -2.06. The van der Waals surface area contributed by atoms with E-state index in [0.717, 1.165) is 6.07 Å². The van der Waals surface area contributed by atoms with Crippen LogP contribution in [-0.4, -0.2) is 24.9 Å². The predicted molar refractivity (Wildman–Crippen MR) is 77.2 cm³/mol. The number of carbonyl (C=O) groups excluding carboxylic acids is 2. The molecule has 114 valence electrons. The summed E-state index contributed by atoms with van der Waals surface area (Å²) in [6, 6.07) is 11.8. The van der Waals surface area contributed by atoms with Crippen LogP contribution < -0.4 is 0 Å². The molecule has 0 saturated carbocycles. The molecule has 0 amide bonds. The third-order valence-electron chi connectivity index (χ3n) is 2.88. The molecule has 0 saturated heterocycles. The van der Waals surface area contributed by atoms with Crippen molar-refractivity contribution >= 4 is 22.1 Å². The third-order valence-corrected chi connectivity index (χ3v) is 3.94. The van der Waals surface area contributed by atoms with Crippen molar-refractivity contribution in [2.75, 3.05) is 0 Å². The smallest absolute Gasteiger partial charge is 0.347 e. The lowest BCUT2D eigenvalue weighted by atomic mass is 10.1. The standard InChI is InChI=1S/C15H12O6S/c1-10-6-5-9-12(13(10)22(18,19)20)15(17)21-14(16)11-7-3-2-4-8-11/h2-9H,1H3,(H,18,19,20). The Bertz CT molecular complexity index is 824. The summed E-state index contributed by atoms with van der Waals surface area (Å²) >= 11 is 0. The van der Waals surface area contributed by atoms with Gasteiger partial charge in [0.25, 0.3) is 10.1 Å². The van der Waals surface area contributed by atoms with E-state index in [4.69, 9.17) is 0 Å². The van der Waals surface area contributed by atoms with Crippen molar-refractivity contribution in [3.8, 4) is 0 Å². The molecule has 0 aromatic heterocycles. The van der Waals surface area contributed by atoms with Gasteiger partial charge in [-0.25, -0.2) is 9.59 Å². The van der Waals surface area contributed by atoms with Crippen molar-refractivity contribution in [2.45, 2.75) is 11.8 Å². The summed E-state index contributed by atoms with van der Waals surface area (Å²) in [4.78, 5) is 23.3. The Morgan fingerprint density at radius 3 is 2.18 bits per heavy atom. The number of carbonyl (C=O) groups is 2. The summed E-state index contributed by atoms with van der Waals surface area (Å²) in [5, 5.41) is 0. The van der Waals surface area contributed by atoms with Crippen LogP contribution in [0.1, 0.15) is 26.3 Å². The molecule has 0 fully saturated rings. The van der Waals surface area contributed by atoms with Crippen molar-refractivity contribution in [1.82, 2.24) is 0 Å². The van der Waals surface area contributed by atoms with Crippen molar-refractivity contribution < 1.29 is 27.3 Å². The predicted octanol–water partition coefficient (Wildman–Crippen LogP) is 2.24. The van der Waals surface area contributed by atoms with Gasteiger partial charge in [0.05, 0.1) is 11.1 Å². The van der Waals surface area contributed by atoms with Crippen molar-refractivity contribution in [1.29, 1.82) is 0 Å². The van der Waals surface area contributed by atoms with Crippen LogP contribution in [0.2, 0.25) is 0 Å². The van der Waals surface area contributed by atoms with Gasteiger partial charge in [-0.2, -0.15) is 8.42 Å². The molecular weight excluding hydrogens is 308 g/mol. The molecule has 0 aliphatic rings. The monoisotopic (exact) mass is 320 g/mol. The minimum absolute atomic E-state index is 0.150. The zero-order chi connectivity index (χ0) is 16.3. The van der Waals surface area contributed by atoms with Gasteiger partial charge in [0, 0.05) is 0 Å². The van der Waals surface area contributed by atoms with E-state index in [2.05, 4.69) is 4.74 Å². The van der Waals surface area contributed by atoms with E-state index in [-0.39, 0.29) is 11.1 Å². The topological polar surface area (TPSA) is 97.7 Å². The number of esters is 2. The Morgan fingerprint density at radius 2 is 1.59 bits per heavy atom. The number of rotatable bonds is 3. The molecule has 0 spiro atoms. The van der Waals surface area contributed by atoms with Gasteiger partial charge in [-0.3, -0.25) is 4.55 Å². The van der Waals surface area contributed by atoms with Crippen LogP contribution in [0.3, 0.4) is 0 Å². The molecular formula is C15H12O6S. The van der Waals surface area contributed by atoms with Gasteiger partial charge < -0.3 is 4.74 Å². The lowest BCUT2D eigenvalue weighted by Crippen LogP contribution is -2.17. The minimum atomic E-state index is -4.62. The van der Waals surface area contributed by atoms with Gasteiger partial charge in [0.15, 0.2) is 0 Å². The van der Waals surface area contributed by atoms with Crippen LogP contribution in [0.5, 0.6) is 0 Å². The molecule has 0 unspecified atom stereocenters. The zero-order valence-electron chi connectivity index (χ0n) is 11.5. The molecule has 6 nitrogen and oxygen atoms in total. The first kappa shape index (κ1) is 15.9. The molecule has 0 aliphatic carbocycles. The fourth-order valence-electron chi connectivity index (χ4n) is 1.93. The SMILES string of the molecule is Cc1cccc(C(=O)OC(=O)c2ccccc2)c1S(=O)(=O)O. The molecule has 7 heteroatoms. The fourth-order valence-corrected chi connectivity index (χ4v) is 2.83. The second kappa shape index (κ2) is 6.08. The number of ether oxygens (including phenoxy) is 1. The molecule has 2 rings (SSSR count). The largest absolute Gasteiger partial charge is 0.386 e. The highest BCUT2D eigenvalue weighted by Gasteiger charge is 2.25. The summed E-state index contributed by atoms with van der Waals surface area (Å²) < 4.78 is 36.7. The van der Waals surface area contributed by atoms with E-state index in [0.29, 0.717) is 0 Å². The van der Waals surface area contributed by atoms with Crippen LogP contribution in [0.4, 0.5) is 0 Å². The van der Waals surface area contributed by atoms with E-state index in [1.54, 1.807) is 18.2 Å². The van der Waals surface area contributed by atoms with Crippen LogP contribution >= 0.6 is 0 Å². The molecule has 0 atom stereocenters. The summed E-state index contributed by atoms with van der Waals surface area (Å²) in [7, 11) is -4.62. The molecule has 0 aliphatic heterocycles. The van der Waals surface area contributed by atoms with Gasteiger partial charge in [-0.1, -0.05) is 30.3 Å². The number of hydrogen-bond acceptors (Lipinski definition) is 5. The molecule has 2 aromatic rings. The highest BCUT2D eigenvalue weighted by Crippen LogP contribution is 2.21. The van der Waals surface area contributed by atoms with E-state index >= 15 is 0 Å². The second-order valence-electron chi connectivity index (χ2n) is 4.47. The second-order valence-corrected chi connectivity index (χ2v) is 5.83. The highest BCUT2D eigenvalue weighted by atomic mass is 32.2. The quantitative estimate of drug-likeness (QED) is 0.529. The highest BCUT2D eigenvalue weighted by molar-refractivity contribution is 7.86. The lowest BCUT2D eigenvalue weighted by Gasteiger charge is -2.09. The summed E-state index contributed by atoms with van der Waals surface area (Å²) in [5.41, 5.74) is -0.0761. The molecule has 1 N–H and O–H groups in total. The molecule has 0 radical (unpaired) electrons. The number of hydrogen-bond donors (Lipinski definition) is 1. The minimum Gasteiger partial charge on any atom is -0.386 e. The first-order chi connectivity index (χ1) is 10.3. The Balaban J connectivity index is 2.36. The average Bonchev–Trinajstić information content (AvgIpc) is 2.46. The summed E-state index contributed by atoms with van der Waals surface area (Å²) in [6.07, 6.45) is 0. The lowest BCUT2D eigenvalue weighted by molar-refractivity contribution is 0.0394. The van der Waals surface area contributed by atoms with Gasteiger partial charge in [0.2, 0.25) is 0 Å². The van der Waals surface area contributed by atoms with Crippen molar-refractivity contribution in [3.63, 3.8) is 0 Å². The van der Waals surface area contributed by atoms with E-state index in [1.807, 2.05) is 0 Å². The first-order valence-corrected chi connectivity index (χ1v) is 7.63. The molecule has 2 aromatic carbocycles. The Labute approximate surface area is 127 Å². The fraction of sp³-hybridized carbons (Fsp3) is 0.0667. The number of benzene rings is 2. The van der Waals surface area contributed by atoms with Gasteiger partial charge >= 0.3 is 11.9 Å². The maximum Gasteiger partial charge on any atom is 0.347 e. The van der Waals surface area contributed by atoms with Gasteiger partial charge in [0.1, 0.15) is 4.90 Å². The van der Waals surface area contributed by atoms with Gasteiger partial charge in [-0.15, -0.1) is 0 Å². The van der Waals surface area contributed by atoms with E-state index in [9.17, 15) is 22.6 Å². The normalized spacial score (nSPS) is 11.0. The molecule has 0 heterocycles. The third kappa shape index (κ3) is 3.38. The Hall–Kier alpha value is -2.51. The Kier molecular flexibility index (Phi) is 4.39. The van der Waals surface area contributed by atoms with E-state index in [1.165, 1.54) is 31.2 Å². The van der Waals surface area contributed by atoms with Crippen LogP contribution in [0.15, 0.2) is 53.4 Å². The summed E-state index contributed by atoms with van der Waals surface area (Å²) in [6.45, 7) is 1.42. The van der Waals surface area contributed by atoms with E-state index < -0.39 is 32.5 Å². The Morgan fingerprint density at radius 1 is 0.955 bits per heavy atom. The average molecular weight is 320 g/mol. The molecule has 22 heavy (non-hydrogen) atoms. The van der Waals surface area contributed by atoms with Crippen LogP contribution in [0.25, 0.3) is 0 Å². The van der Waals surface area contributed by atoms with Crippen LogP contribution in [0, 0.1) is 6.92 Å². The first-order valence-electron chi connectivity index (χ1n) is 6.19.